The van der Waals surface area contributed by atoms with Crippen LogP contribution in [0.3, 0.4) is 0 Å². The van der Waals surface area contributed by atoms with Crippen molar-refractivity contribution in [3.8, 4) is 0 Å². The molecule has 0 aromatic carbocycles. The standard InChI is InChI=1S/C19H34N6O5S/c1-3-23(4-2)31(29,30)24-14-12-22(13-15-24)11-8-16(26)21-25-17(27)19(20-18(25)28)9-6-5-7-10-19/h3-15H2,1-2H3,(H,20,28)(H,21,26). The molecule has 176 valence electrons. The van der Waals surface area contributed by atoms with Crippen LogP contribution in [0.15, 0.2) is 0 Å². The van der Waals surface area contributed by atoms with Crippen molar-refractivity contribution in [1.29, 1.82) is 0 Å². The molecule has 0 radical (unpaired) electrons. The molecule has 0 bridgehead atoms. The Morgan fingerprint density at radius 1 is 1.06 bits per heavy atom. The van der Waals surface area contributed by atoms with E-state index in [1.807, 2.05) is 18.7 Å². The van der Waals surface area contributed by atoms with Gasteiger partial charge < -0.3 is 10.2 Å². The SMILES string of the molecule is CCN(CC)S(=O)(=O)N1CCN(CCC(=O)NN2C(=O)NC3(CCCCC3)C2=O)CC1. The molecule has 1 saturated carbocycles. The zero-order chi connectivity index (χ0) is 22.6. The highest BCUT2D eigenvalue weighted by atomic mass is 32.2. The first-order valence-electron chi connectivity index (χ1n) is 11.2. The summed E-state index contributed by atoms with van der Waals surface area (Å²) in [4.78, 5) is 39.3. The van der Waals surface area contributed by atoms with Crippen LogP contribution in [-0.2, 0) is 19.8 Å². The third kappa shape index (κ3) is 5.02. The quantitative estimate of drug-likeness (QED) is 0.489. The summed E-state index contributed by atoms with van der Waals surface area (Å²) in [7, 11) is -3.45. The number of hydrogen-bond donors (Lipinski definition) is 2. The second-order valence-corrected chi connectivity index (χ2v) is 10.3. The molecule has 3 aliphatic rings. The van der Waals surface area contributed by atoms with E-state index in [1.165, 1.54) is 8.61 Å². The largest absolute Gasteiger partial charge is 0.344 e. The normalized spacial score (nSPS) is 22.9. The predicted octanol–water partition coefficient (Wildman–Crippen LogP) is -0.133. The van der Waals surface area contributed by atoms with Gasteiger partial charge in [-0.2, -0.15) is 22.0 Å². The highest BCUT2D eigenvalue weighted by molar-refractivity contribution is 7.86. The van der Waals surface area contributed by atoms with Crippen molar-refractivity contribution in [2.75, 3.05) is 45.8 Å². The van der Waals surface area contributed by atoms with Crippen molar-refractivity contribution in [2.45, 2.75) is 57.9 Å². The van der Waals surface area contributed by atoms with Gasteiger partial charge in [0.15, 0.2) is 0 Å². The lowest BCUT2D eigenvalue weighted by molar-refractivity contribution is -0.140. The average molecular weight is 459 g/mol. The van der Waals surface area contributed by atoms with Gasteiger partial charge in [-0.25, -0.2) is 4.79 Å². The minimum Gasteiger partial charge on any atom is -0.322 e. The highest BCUT2D eigenvalue weighted by Crippen LogP contribution is 2.33. The van der Waals surface area contributed by atoms with Crippen LogP contribution in [0, 0.1) is 0 Å². The van der Waals surface area contributed by atoms with Crippen molar-refractivity contribution in [2.24, 2.45) is 0 Å². The van der Waals surface area contributed by atoms with Crippen LogP contribution in [0.1, 0.15) is 52.4 Å². The summed E-state index contributed by atoms with van der Waals surface area (Å²) in [5.74, 6) is -0.782. The number of rotatable bonds is 8. The van der Waals surface area contributed by atoms with Crippen LogP contribution in [0.5, 0.6) is 0 Å². The van der Waals surface area contributed by atoms with Crippen molar-refractivity contribution in [1.82, 2.24) is 29.3 Å². The number of imide groups is 1. The van der Waals surface area contributed by atoms with Gasteiger partial charge in [0, 0.05) is 52.2 Å². The Morgan fingerprint density at radius 3 is 2.26 bits per heavy atom. The smallest absolute Gasteiger partial charge is 0.322 e. The van der Waals surface area contributed by atoms with Gasteiger partial charge in [-0.1, -0.05) is 33.1 Å². The summed E-state index contributed by atoms with van der Waals surface area (Å²) in [6.07, 6.45) is 4.12. The minimum absolute atomic E-state index is 0.118. The van der Waals surface area contributed by atoms with Crippen LogP contribution in [0.4, 0.5) is 4.79 Å². The molecule has 3 rings (SSSR count). The van der Waals surface area contributed by atoms with E-state index in [-0.39, 0.29) is 12.3 Å². The number of nitrogens with zero attached hydrogens (tertiary/aromatic N) is 4. The third-order valence-corrected chi connectivity index (χ3v) is 8.64. The second-order valence-electron chi connectivity index (χ2n) is 8.33. The number of hydrogen-bond acceptors (Lipinski definition) is 6. The van der Waals surface area contributed by atoms with Crippen LogP contribution < -0.4 is 10.7 Å². The van der Waals surface area contributed by atoms with E-state index in [4.69, 9.17) is 0 Å². The summed E-state index contributed by atoms with van der Waals surface area (Å²) in [5.41, 5.74) is 1.58. The zero-order valence-corrected chi connectivity index (χ0v) is 19.2. The maximum atomic E-state index is 12.7. The summed E-state index contributed by atoms with van der Waals surface area (Å²) < 4.78 is 28.1. The fraction of sp³-hybridized carbons (Fsp3) is 0.842. The Hall–Kier alpha value is -1.76. The lowest BCUT2D eigenvalue weighted by Crippen LogP contribution is -2.53. The summed E-state index contributed by atoms with van der Waals surface area (Å²) in [5, 5.41) is 3.59. The molecule has 11 nitrogen and oxygen atoms in total. The Kier molecular flexibility index (Phi) is 7.55. The summed E-state index contributed by atoms with van der Waals surface area (Å²) in [6, 6.07) is -0.574. The van der Waals surface area contributed by atoms with Crippen molar-refractivity contribution < 1.29 is 22.8 Å². The van der Waals surface area contributed by atoms with Gasteiger partial charge in [-0.15, -0.1) is 0 Å². The predicted molar refractivity (Wildman–Crippen MR) is 114 cm³/mol. The van der Waals surface area contributed by atoms with Gasteiger partial charge in [0.25, 0.3) is 16.1 Å². The molecule has 1 spiro atoms. The Balaban J connectivity index is 1.45. The number of hydrazine groups is 1. The molecule has 3 fully saturated rings. The molecule has 0 atom stereocenters. The Labute approximate surface area is 184 Å². The van der Waals surface area contributed by atoms with E-state index in [2.05, 4.69) is 10.7 Å². The second kappa shape index (κ2) is 9.80. The Morgan fingerprint density at radius 2 is 1.68 bits per heavy atom. The van der Waals surface area contributed by atoms with Crippen LogP contribution in [-0.4, -0.2) is 96.1 Å². The number of amides is 4. The number of nitrogens with one attached hydrogen (secondary N) is 2. The minimum atomic E-state index is -3.45. The van der Waals surface area contributed by atoms with Crippen molar-refractivity contribution >= 4 is 28.1 Å². The molecule has 2 N–H and O–H groups in total. The summed E-state index contributed by atoms with van der Waals surface area (Å²) in [6.45, 7) is 6.73. The molecule has 0 unspecified atom stereocenters. The maximum absolute atomic E-state index is 12.7. The number of piperazine rings is 1. The molecule has 31 heavy (non-hydrogen) atoms. The van der Waals surface area contributed by atoms with Gasteiger partial charge >= 0.3 is 6.03 Å². The van der Waals surface area contributed by atoms with Crippen LogP contribution >= 0.6 is 0 Å². The Bertz CT molecular complexity index is 786. The van der Waals surface area contributed by atoms with Crippen molar-refractivity contribution in [3.05, 3.63) is 0 Å². The van der Waals surface area contributed by atoms with E-state index >= 15 is 0 Å². The molecule has 0 aromatic rings. The van der Waals surface area contributed by atoms with E-state index in [0.717, 1.165) is 24.3 Å². The molecule has 1 aliphatic carbocycles. The van der Waals surface area contributed by atoms with Crippen LogP contribution in [0.25, 0.3) is 0 Å². The van der Waals surface area contributed by atoms with Gasteiger partial charge in [0.05, 0.1) is 0 Å². The maximum Gasteiger partial charge on any atom is 0.344 e. The molecule has 2 heterocycles. The van der Waals surface area contributed by atoms with E-state index in [0.29, 0.717) is 58.7 Å². The fourth-order valence-electron chi connectivity index (χ4n) is 4.55. The van der Waals surface area contributed by atoms with Gasteiger partial charge in [0.2, 0.25) is 5.91 Å². The summed E-state index contributed by atoms with van der Waals surface area (Å²) >= 11 is 0. The fourth-order valence-corrected chi connectivity index (χ4v) is 6.16. The van der Waals surface area contributed by atoms with Crippen LogP contribution in [0.2, 0.25) is 0 Å². The molecular formula is C19H34N6O5S. The topological polar surface area (TPSA) is 122 Å². The highest BCUT2D eigenvalue weighted by Gasteiger charge is 2.52. The molecule has 0 aromatic heterocycles. The molecule has 2 saturated heterocycles. The molecule has 4 amide bonds. The van der Waals surface area contributed by atoms with Gasteiger partial charge in [0.1, 0.15) is 5.54 Å². The number of carbonyl (C=O) groups is 3. The third-order valence-electron chi connectivity index (χ3n) is 6.45. The first-order chi connectivity index (χ1) is 14.7. The molecular weight excluding hydrogens is 424 g/mol. The van der Waals surface area contributed by atoms with Crippen molar-refractivity contribution in [3.63, 3.8) is 0 Å². The van der Waals surface area contributed by atoms with E-state index < -0.39 is 27.7 Å². The lowest BCUT2D eigenvalue weighted by atomic mass is 9.82. The molecule has 2 aliphatic heterocycles. The number of carbonyl (C=O) groups excluding carboxylic acids is 3. The van der Waals surface area contributed by atoms with E-state index in [1.54, 1.807) is 0 Å². The first-order valence-corrected chi connectivity index (χ1v) is 12.6. The lowest BCUT2D eigenvalue weighted by Gasteiger charge is -2.36. The molecule has 12 heteroatoms. The van der Waals surface area contributed by atoms with Gasteiger partial charge in [-0.3, -0.25) is 15.0 Å². The average Bonchev–Trinajstić information content (AvgIpc) is 2.97. The van der Waals surface area contributed by atoms with Gasteiger partial charge in [-0.05, 0) is 12.8 Å². The monoisotopic (exact) mass is 458 g/mol. The van der Waals surface area contributed by atoms with E-state index in [9.17, 15) is 22.8 Å². The zero-order valence-electron chi connectivity index (χ0n) is 18.4. The first kappa shape index (κ1) is 23.9. The number of urea groups is 1.